The van der Waals surface area contributed by atoms with Crippen LogP contribution in [0.1, 0.15) is 10.4 Å². The monoisotopic (exact) mass is 305 g/mol. The summed E-state index contributed by atoms with van der Waals surface area (Å²) in [6.45, 7) is -0.509. The lowest BCUT2D eigenvalue weighted by atomic mass is 10.1. The molecule has 2 rings (SSSR count). The number of carbonyl (C=O) groups excluding carboxylic acids is 1. The Labute approximate surface area is 126 Å². The SMILES string of the molecule is O=C(O)CN(C(=O)c1ccc(Cl)cc1O)c1ccccc1. The lowest BCUT2D eigenvalue weighted by Gasteiger charge is -2.21. The summed E-state index contributed by atoms with van der Waals surface area (Å²) in [5.41, 5.74) is 0.420. The number of carboxylic acid groups (broad SMARTS) is 1. The average molecular weight is 306 g/mol. The van der Waals surface area contributed by atoms with Crippen LogP contribution in [0, 0.1) is 0 Å². The van der Waals surface area contributed by atoms with E-state index in [1.54, 1.807) is 30.3 Å². The third-order valence-electron chi connectivity index (χ3n) is 2.80. The summed E-state index contributed by atoms with van der Waals surface area (Å²) in [5, 5.41) is 19.1. The Morgan fingerprint density at radius 3 is 2.33 bits per heavy atom. The maximum atomic E-state index is 12.5. The number of aromatic hydroxyl groups is 1. The number of carboxylic acids is 1. The van der Waals surface area contributed by atoms with Crippen molar-refractivity contribution in [3.05, 3.63) is 59.1 Å². The second-order valence-corrected chi connectivity index (χ2v) is 4.72. The van der Waals surface area contributed by atoms with Crippen LogP contribution in [0.5, 0.6) is 5.75 Å². The third-order valence-corrected chi connectivity index (χ3v) is 3.03. The van der Waals surface area contributed by atoms with Crippen LogP contribution in [-0.2, 0) is 4.79 Å². The topological polar surface area (TPSA) is 77.8 Å². The van der Waals surface area contributed by atoms with Crippen molar-refractivity contribution < 1.29 is 19.8 Å². The maximum Gasteiger partial charge on any atom is 0.323 e. The molecule has 0 aliphatic heterocycles. The van der Waals surface area contributed by atoms with Gasteiger partial charge < -0.3 is 10.2 Å². The fraction of sp³-hybridized carbons (Fsp3) is 0.0667. The van der Waals surface area contributed by atoms with Gasteiger partial charge in [0.2, 0.25) is 0 Å². The summed E-state index contributed by atoms with van der Waals surface area (Å²) in [6, 6.07) is 12.4. The number of halogens is 1. The molecule has 21 heavy (non-hydrogen) atoms. The van der Waals surface area contributed by atoms with E-state index < -0.39 is 18.4 Å². The summed E-state index contributed by atoms with van der Waals surface area (Å²) in [5.74, 6) is -2.06. The fourth-order valence-electron chi connectivity index (χ4n) is 1.85. The van der Waals surface area contributed by atoms with E-state index in [1.807, 2.05) is 0 Å². The predicted molar refractivity (Wildman–Crippen MR) is 78.9 cm³/mol. The van der Waals surface area contributed by atoms with Crippen LogP contribution < -0.4 is 4.90 Å². The highest BCUT2D eigenvalue weighted by Crippen LogP contribution is 2.25. The van der Waals surface area contributed by atoms with Gasteiger partial charge in [-0.05, 0) is 30.3 Å². The zero-order chi connectivity index (χ0) is 15.4. The lowest BCUT2D eigenvalue weighted by molar-refractivity contribution is -0.135. The van der Waals surface area contributed by atoms with Crippen molar-refractivity contribution in [2.24, 2.45) is 0 Å². The van der Waals surface area contributed by atoms with Crippen LogP contribution >= 0.6 is 11.6 Å². The van der Waals surface area contributed by atoms with Gasteiger partial charge in [-0.1, -0.05) is 29.8 Å². The highest BCUT2D eigenvalue weighted by atomic mass is 35.5. The van der Waals surface area contributed by atoms with Crippen molar-refractivity contribution >= 4 is 29.2 Å². The second-order valence-electron chi connectivity index (χ2n) is 4.28. The van der Waals surface area contributed by atoms with Crippen LogP contribution in [0.2, 0.25) is 5.02 Å². The first kappa shape index (κ1) is 14.9. The molecule has 0 aliphatic rings. The van der Waals surface area contributed by atoms with E-state index in [2.05, 4.69) is 0 Å². The molecule has 0 radical (unpaired) electrons. The van der Waals surface area contributed by atoms with Crippen molar-refractivity contribution in [1.29, 1.82) is 0 Å². The Morgan fingerprint density at radius 2 is 1.76 bits per heavy atom. The van der Waals surface area contributed by atoms with E-state index in [9.17, 15) is 14.7 Å². The molecular formula is C15H12ClNO4. The number of anilines is 1. The van der Waals surface area contributed by atoms with Crippen molar-refractivity contribution in [3.8, 4) is 5.75 Å². The molecule has 0 aromatic heterocycles. The Morgan fingerprint density at radius 1 is 1.10 bits per heavy atom. The van der Waals surface area contributed by atoms with E-state index in [0.717, 1.165) is 4.90 Å². The highest BCUT2D eigenvalue weighted by molar-refractivity contribution is 6.31. The maximum absolute atomic E-state index is 12.5. The van der Waals surface area contributed by atoms with Crippen LogP contribution in [0.4, 0.5) is 5.69 Å². The summed E-state index contributed by atoms with van der Waals surface area (Å²) in [6.07, 6.45) is 0. The van der Waals surface area contributed by atoms with Gasteiger partial charge in [0.25, 0.3) is 5.91 Å². The van der Waals surface area contributed by atoms with E-state index >= 15 is 0 Å². The number of benzene rings is 2. The summed E-state index contributed by atoms with van der Waals surface area (Å²) in [4.78, 5) is 24.5. The number of carbonyl (C=O) groups is 2. The number of phenolic OH excluding ortho intramolecular Hbond substituents is 1. The smallest absolute Gasteiger partial charge is 0.323 e. The zero-order valence-electron chi connectivity index (χ0n) is 10.9. The van der Waals surface area contributed by atoms with Gasteiger partial charge in [-0.2, -0.15) is 0 Å². The summed E-state index contributed by atoms with van der Waals surface area (Å²) >= 11 is 5.72. The summed E-state index contributed by atoms with van der Waals surface area (Å²) < 4.78 is 0. The number of amides is 1. The molecule has 2 aromatic rings. The standard InChI is InChI=1S/C15H12ClNO4/c16-10-6-7-12(13(18)8-10)15(21)17(9-14(19)20)11-4-2-1-3-5-11/h1-8,18H,9H2,(H,19,20). The molecular weight excluding hydrogens is 294 g/mol. The van der Waals surface area contributed by atoms with Crippen LogP contribution in [0.3, 0.4) is 0 Å². The van der Waals surface area contributed by atoms with Crippen LogP contribution in [-0.4, -0.2) is 28.6 Å². The van der Waals surface area contributed by atoms with Crippen molar-refractivity contribution in [3.63, 3.8) is 0 Å². The van der Waals surface area contributed by atoms with Crippen LogP contribution in [0.25, 0.3) is 0 Å². The molecule has 0 saturated carbocycles. The van der Waals surface area contributed by atoms with Crippen molar-refractivity contribution in [1.82, 2.24) is 0 Å². The first-order chi connectivity index (χ1) is 9.99. The molecule has 0 aliphatic carbocycles. The van der Waals surface area contributed by atoms with Gasteiger partial charge in [0.15, 0.2) is 0 Å². The molecule has 5 nitrogen and oxygen atoms in total. The van der Waals surface area contributed by atoms with Crippen molar-refractivity contribution in [2.45, 2.75) is 0 Å². The van der Waals surface area contributed by atoms with Crippen LogP contribution in [0.15, 0.2) is 48.5 Å². The molecule has 0 unspecified atom stereocenters. The van der Waals surface area contributed by atoms with Gasteiger partial charge in [0.1, 0.15) is 12.3 Å². The molecule has 2 N–H and O–H groups in total. The fourth-order valence-corrected chi connectivity index (χ4v) is 2.02. The van der Waals surface area contributed by atoms with Gasteiger partial charge in [-0.25, -0.2) is 0 Å². The third kappa shape index (κ3) is 3.52. The van der Waals surface area contributed by atoms with E-state index in [4.69, 9.17) is 16.7 Å². The van der Waals surface area contributed by atoms with Gasteiger partial charge in [-0.3, -0.25) is 14.5 Å². The highest BCUT2D eigenvalue weighted by Gasteiger charge is 2.22. The first-order valence-electron chi connectivity index (χ1n) is 6.06. The largest absolute Gasteiger partial charge is 0.507 e. The molecule has 0 spiro atoms. The average Bonchev–Trinajstić information content (AvgIpc) is 2.45. The Hall–Kier alpha value is -2.53. The molecule has 6 heteroatoms. The molecule has 0 bridgehead atoms. The molecule has 0 saturated heterocycles. The minimum absolute atomic E-state index is 0.00972. The zero-order valence-corrected chi connectivity index (χ0v) is 11.6. The molecule has 2 aromatic carbocycles. The van der Waals surface area contributed by atoms with E-state index in [-0.39, 0.29) is 16.3 Å². The minimum Gasteiger partial charge on any atom is -0.507 e. The van der Waals surface area contributed by atoms with Gasteiger partial charge in [0.05, 0.1) is 5.56 Å². The number of rotatable bonds is 4. The minimum atomic E-state index is -1.15. The molecule has 1 amide bonds. The van der Waals surface area contributed by atoms with Crippen molar-refractivity contribution in [2.75, 3.05) is 11.4 Å². The summed E-state index contributed by atoms with van der Waals surface area (Å²) in [7, 11) is 0. The Kier molecular flexibility index (Phi) is 4.45. The predicted octanol–water partition coefficient (Wildman–Crippen LogP) is 2.78. The molecule has 108 valence electrons. The Balaban J connectivity index is 2.41. The molecule has 0 fully saturated rings. The molecule has 0 heterocycles. The van der Waals surface area contributed by atoms with Gasteiger partial charge in [-0.15, -0.1) is 0 Å². The lowest BCUT2D eigenvalue weighted by Crippen LogP contribution is -2.35. The number of phenols is 1. The number of hydrogen-bond donors (Lipinski definition) is 2. The normalized spacial score (nSPS) is 10.1. The van der Waals surface area contributed by atoms with E-state index in [1.165, 1.54) is 18.2 Å². The number of nitrogens with zero attached hydrogens (tertiary/aromatic N) is 1. The molecule has 0 atom stereocenters. The first-order valence-corrected chi connectivity index (χ1v) is 6.44. The second kappa shape index (κ2) is 6.28. The van der Waals surface area contributed by atoms with Gasteiger partial charge in [0, 0.05) is 10.7 Å². The quantitative estimate of drug-likeness (QED) is 0.910. The number of aliphatic carboxylic acids is 1. The van der Waals surface area contributed by atoms with Gasteiger partial charge >= 0.3 is 5.97 Å². The van der Waals surface area contributed by atoms with E-state index in [0.29, 0.717) is 5.69 Å². The number of para-hydroxylation sites is 1. The number of hydrogen-bond acceptors (Lipinski definition) is 3. The Bertz CT molecular complexity index is 673.